The molecule has 6 heteroatoms. The van der Waals surface area contributed by atoms with Crippen molar-refractivity contribution in [2.24, 2.45) is 0 Å². The normalized spacial score (nSPS) is 13.8. The Hall–Kier alpha value is -1.85. The van der Waals surface area contributed by atoms with Gasteiger partial charge in [0.2, 0.25) is 0 Å². The second-order valence-corrected chi connectivity index (χ2v) is 5.12. The number of hydrogen-bond acceptors (Lipinski definition) is 4. The molecule has 2 rings (SSSR count). The van der Waals surface area contributed by atoms with E-state index in [9.17, 15) is 9.90 Å². The third kappa shape index (κ3) is 3.37. The van der Waals surface area contributed by atoms with Crippen molar-refractivity contribution in [1.82, 2.24) is 10.3 Å². The van der Waals surface area contributed by atoms with Gasteiger partial charge in [-0.05, 0) is 38.1 Å². The maximum absolute atomic E-state index is 11.9. The topological polar surface area (TPSA) is 75.4 Å². The summed E-state index contributed by atoms with van der Waals surface area (Å²) in [6, 6.07) is 6.45. The molecule has 2 aromatic rings. The van der Waals surface area contributed by atoms with E-state index in [0.717, 1.165) is 0 Å². The number of aryl methyl sites for hydroxylation is 1. The van der Waals surface area contributed by atoms with Crippen molar-refractivity contribution in [3.63, 3.8) is 0 Å². The first-order chi connectivity index (χ1) is 9.38. The van der Waals surface area contributed by atoms with Crippen molar-refractivity contribution in [3.8, 4) is 0 Å². The van der Waals surface area contributed by atoms with Crippen molar-refractivity contribution >= 4 is 17.5 Å². The quantitative estimate of drug-likeness (QED) is 0.848. The fourth-order valence-corrected chi connectivity index (χ4v) is 1.88. The lowest BCUT2D eigenvalue weighted by Gasteiger charge is -2.21. The van der Waals surface area contributed by atoms with Crippen LogP contribution in [0.15, 0.2) is 34.9 Å². The molecule has 0 aliphatic heterocycles. The van der Waals surface area contributed by atoms with Crippen molar-refractivity contribution in [1.29, 1.82) is 0 Å². The zero-order chi connectivity index (χ0) is 14.8. The highest BCUT2D eigenvalue weighted by molar-refractivity contribution is 6.29. The summed E-state index contributed by atoms with van der Waals surface area (Å²) in [6.45, 7) is 3.39. The smallest absolute Gasteiger partial charge is 0.251 e. The standard InChI is InChI=1S/C14H15ClN2O3/c1-9-3-4-11(20-9)14(2,19)8-17-13(18)10-5-6-16-12(15)7-10/h3-7,19H,8H2,1-2H3,(H,17,18). The highest BCUT2D eigenvalue weighted by atomic mass is 35.5. The van der Waals surface area contributed by atoms with Crippen LogP contribution in [0, 0.1) is 6.92 Å². The molecule has 0 aromatic carbocycles. The minimum Gasteiger partial charge on any atom is -0.463 e. The van der Waals surface area contributed by atoms with Gasteiger partial charge in [0.15, 0.2) is 0 Å². The van der Waals surface area contributed by atoms with E-state index in [4.69, 9.17) is 16.0 Å². The van der Waals surface area contributed by atoms with Crippen molar-refractivity contribution in [2.75, 3.05) is 6.54 Å². The second-order valence-electron chi connectivity index (χ2n) is 4.73. The SMILES string of the molecule is Cc1ccc(C(C)(O)CNC(=O)c2ccnc(Cl)c2)o1. The van der Waals surface area contributed by atoms with Gasteiger partial charge < -0.3 is 14.8 Å². The van der Waals surface area contributed by atoms with Crippen LogP contribution in [-0.4, -0.2) is 22.5 Å². The third-order valence-corrected chi connectivity index (χ3v) is 3.06. The number of carbonyl (C=O) groups excluding carboxylic acids is 1. The van der Waals surface area contributed by atoms with Crippen LogP contribution >= 0.6 is 11.6 Å². The van der Waals surface area contributed by atoms with Gasteiger partial charge in [-0.25, -0.2) is 4.98 Å². The summed E-state index contributed by atoms with van der Waals surface area (Å²) in [4.78, 5) is 15.7. The molecule has 1 amide bonds. The molecule has 0 spiro atoms. The van der Waals surface area contributed by atoms with Crippen LogP contribution in [0.1, 0.15) is 28.8 Å². The molecule has 2 aromatic heterocycles. The highest BCUT2D eigenvalue weighted by Gasteiger charge is 2.27. The molecule has 0 saturated heterocycles. The van der Waals surface area contributed by atoms with Crippen LogP contribution in [0.5, 0.6) is 0 Å². The molecule has 0 fully saturated rings. The Morgan fingerprint density at radius 1 is 1.50 bits per heavy atom. The Morgan fingerprint density at radius 2 is 2.25 bits per heavy atom. The summed E-state index contributed by atoms with van der Waals surface area (Å²) in [7, 11) is 0. The maximum atomic E-state index is 11.9. The third-order valence-electron chi connectivity index (χ3n) is 2.85. The van der Waals surface area contributed by atoms with Crippen LogP contribution in [0.25, 0.3) is 0 Å². The predicted octanol–water partition coefficient (Wildman–Crippen LogP) is 2.27. The van der Waals surface area contributed by atoms with Gasteiger partial charge in [0.1, 0.15) is 22.3 Å². The predicted molar refractivity (Wildman–Crippen MR) is 74.6 cm³/mol. The highest BCUT2D eigenvalue weighted by Crippen LogP contribution is 2.22. The lowest BCUT2D eigenvalue weighted by molar-refractivity contribution is 0.0323. The van der Waals surface area contributed by atoms with Crippen LogP contribution in [-0.2, 0) is 5.60 Å². The molecule has 20 heavy (non-hydrogen) atoms. The summed E-state index contributed by atoms with van der Waals surface area (Å²) in [6.07, 6.45) is 1.45. The molecule has 1 atom stereocenters. The van der Waals surface area contributed by atoms with Gasteiger partial charge in [-0.3, -0.25) is 4.79 Å². The van der Waals surface area contributed by atoms with Gasteiger partial charge in [-0.2, -0.15) is 0 Å². The molecule has 0 radical (unpaired) electrons. The Labute approximate surface area is 121 Å². The van der Waals surface area contributed by atoms with E-state index in [-0.39, 0.29) is 17.6 Å². The lowest BCUT2D eigenvalue weighted by Crippen LogP contribution is -2.38. The number of furan rings is 1. The Bertz CT molecular complexity index is 622. The average Bonchev–Trinajstić information content (AvgIpc) is 2.83. The average molecular weight is 295 g/mol. The Morgan fingerprint density at radius 3 is 2.85 bits per heavy atom. The van der Waals surface area contributed by atoms with E-state index in [1.54, 1.807) is 32.0 Å². The van der Waals surface area contributed by atoms with Gasteiger partial charge in [-0.1, -0.05) is 11.6 Å². The van der Waals surface area contributed by atoms with Gasteiger partial charge in [-0.15, -0.1) is 0 Å². The first-order valence-corrected chi connectivity index (χ1v) is 6.45. The van der Waals surface area contributed by atoms with Crippen LogP contribution in [0.4, 0.5) is 0 Å². The fraction of sp³-hybridized carbons (Fsp3) is 0.286. The summed E-state index contributed by atoms with van der Waals surface area (Å²) in [5, 5.41) is 13.2. The number of pyridine rings is 1. The molecule has 5 nitrogen and oxygen atoms in total. The van der Waals surface area contributed by atoms with E-state index in [0.29, 0.717) is 17.1 Å². The zero-order valence-electron chi connectivity index (χ0n) is 11.2. The molecule has 2 heterocycles. The molecule has 106 valence electrons. The van der Waals surface area contributed by atoms with Gasteiger partial charge in [0, 0.05) is 11.8 Å². The summed E-state index contributed by atoms with van der Waals surface area (Å²) in [5.74, 6) is 0.772. The molecule has 0 aliphatic carbocycles. The van der Waals surface area contributed by atoms with Gasteiger partial charge in [0.05, 0.1) is 6.54 Å². The molecule has 0 bridgehead atoms. The Balaban J connectivity index is 2.03. The van der Waals surface area contributed by atoms with Gasteiger partial charge >= 0.3 is 0 Å². The minimum absolute atomic E-state index is 0.0265. The number of aliphatic hydroxyl groups is 1. The minimum atomic E-state index is -1.28. The number of nitrogens with zero attached hydrogens (tertiary/aromatic N) is 1. The van der Waals surface area contributed by atoms with E-state index >= 15 is 0 Å². The number of carbonyl (C=O) groups is 1. The van der Waals surface area contributed by atoms with Crippen molar-refractivity contribution < 1.29 is 14.3 Å². The zero-order valence-corrected chi connectivity index (χ0v) is 11.9. The number of halogens is 1. The van der Waals surface area contributed by atoms with Crippen LogP contribution in [0.2, 0.25) is 5.15 Å². The molecule has 1 unspecified atom stereocenters. The summed E-state index contributed by atoms with van der Waals surface area (Å²) >= 11 is 5.72. The van der Waals surface area contributed by atoms with Gasteiger partial charge in [0.25, 0.3) is 5.91 Å². The van der Waals surface area contributed by atoms with Crippen LogP contribution in [0.3, 0.4) is 0 Å². The number of rotatable bonds is 4. The fourth-order valence-electron chi connectivity index (χ4n) is 1.71. The summed E-state index contributed by atoms with van der Waals surface area (Å²) < 4.78 is 5.37. The Kier molecular flexibility index (Phi) is 4.11. The monoisotopic (exact) mass is 294 g/mol. The second kappa shape index (κ2) is 5.64. The molecule has 2 N–H and O–H groups in total. The van der Waals surface area contributed by atoms with E-state index in [2.05, 4.69) is 10.3 Å². The van der Waals surface area contributed by atoms with E-state index in [1.807, 2.05) is 0 Å². The number of hydrogen-bond donors (Lipinski definition) is 2. The molecule has 0 saturated carbocycles. The number of aromatic nitrogens is 1. The largest absolute Gasteiger partial charge is 0.463 e. The first-order valence-electron chi connectivity index (χ1n) is 6.07. The lowest BCUT2D eigenvalue weighted by atomic mass is 10.0. The van der Waals surface area contributed by atoms with Crippen molar-refractivity contribution in [2.45, 2.75) is 19.4 Å². The van der Waals surface area contributed by atoms with E-state index < -0.39 is 5.60 Å². The molecular formula is C14H15ClN2O3. The van der Waals surface area contributed by atoms with Crippen LogP contribution < -0.4 is 5.32 Å². The first kappa shape index (κ1) is 14.6. The number of amides is 1. The number of nitrogens with one attached hydrogen (secondary N) is 1. The maximum Gasteiger partial charge on any atom is 0.251 e. The van der Waals surface area contributed by atoms with Crippen molar-refractivity contribution in [3.05, 3.63) is 52.7 Å². The molecular weight excluding hydrogens is 280 g/mol. The molecule has 0 aliphatic rings. The van der Waals surface area contributed by atoms with E-state index in [1.165, 1.54) is 12.3 Å². The summed E-state index contributed by atoms with van der Waals surface area (Å²) in [5.41, 5.74) is -0.891.